The van der Waals surface area contributed by atoms with Crippen molar-refractivity contribution < 1.29 is 38.3 Å². The summed E-state index contributed by atoms with van der Waals surface area (Å²) in [6, 6.07) is 1.98. The summed E-state index contributed by atoms with van der Waals surface area (Å²) in [7, 11) is 3.19. The zero-order valence-corrected chi connectivity index (χ0v) is 19.9. The number of fused-ring (bicyclic) bond motifs is 8. The quantitative estimate of drug-likeness (QED) is 0.682. The summed E-state index contributed by atoms with van der Waals surface area (Å²) in [5, 5.41) is 12.7. The summed E-state index contributed by atoms with van der Waals surface area (Å²) in [6.07, 6.45) is 0.785. The highest BCUT2D eigenvalue weighted by atomic mass is 16.9. The molecule has 1 spiro atoms. The van der Waals surface area contributed by atoms with E-state index in [4.69, 9.17) is 28.4 Å². The average Bonchev–Trinajstić information content (AvgIpc) is 3.45. The lowest BCUT2D eigenvalue weighted by atomic mass is 9.76. The fourth-order valence-electron chi connectivity index (χ4n) is 7.05. The third-order valence-electron chi connectivity index (χ3n) is 8.55. The number of aromatic hydroxyl groups is 1. The Morgan fingerprint density at radius 1 is 1.21 bits per heavy atom. The van der Waals surface area contributed by atoms with Gasteiger partial charge in [-0.15, -0.1) is 0 Å². The SMILES string of the molecule is COc1c2c(c(O)c3c4c(c(C)cc13)[C@@H]1O[C@@]3(C(C)C)O[C@@H]1[C@@](OC)(O4)[C@@]31CO1)C(=O)CCC2. The smallest absolute Gasteiger partial charge is 0.276 e. The Bertz CT molecular complexity index is 1290. The molecule has 0 amide bonds. The Morgan fingerprint density at radius 2 is 1.97 bits per heavy atom. The zero-order valence-electron chi connectivity index (χ0n) is 19.9. The van der Waals surface area contributed by atoms with Crippen molar-refractivity contribution in [3.8, 4) is 17.2 Å². The first-order chi connectivity index (χ1) is 16.3. The Morgan fingerprint density at radius 3 is 2.62 bits per heavy atom. The van der Waals surface area contributed by atoms with E-state index in [-0.39, 0.29) is 17.5 Å². The van der Waals surface area contributed by atoms with Crippen molar-refractivity contribution in [3.63, 3.8) is 0 Å². The summed E-state index contributed by atoms with van der Waals surface area (Å²) in [5.41, 5.74) is 1.89. The number of hydrogen-bond donors (Lipinski definition) is 1. The van der Waals surface area contributed by atoms with Crippen LogP contribution in [0.25, 0.3) is 10.8 Å². The average molecular weight is 469 g/mol. The molecule has 2 aromatic carbocycles. The van der Waals surface area contributed by atoms with Gasteiger partial charge in [-0.2, -0.15) is 0 Å². The molecule has 1 N–H and O–H groups in total. The number of phenolic OH excluding ortho intramolecular Hbond substituents is 1. The van der Waals surface area contributed by atoms with Crippen LogP contribution >= 0.6 is 0 Å². The zero-order chi connectivity index (χ0) is 23.8. The highest BCUT2D eigenvalue weighted by Gasteiger charge is 2.91. The van der Waals surface area contributed by atoms with Crippen LogP contribution in [0, 0.1) is 12.8 Å². The van der Waals surface area contributed by atoms with Gasteiger partial charge in [0.2, 0.25) is 11.4 Å². The van der Waals surface area contributed by atoms with Crippen LogP contribution in [-0.4, -0.2) is 55.0 Å². The number of ketones is 1. The van der Waals surface area contributed by atoms with E-state index < -0.39 is 29.4 Å². The van der Waals surface area contributed by atoms with Gasteiger partial charge in [-0.05, 0) is 31.4 Å². The number of carbonyl (C=O) groups excluding carboxylic acids is 1. The lowest BCUT2D eigenvalue weighted by Gasteiger charge is -2.49. The van der Waals surface area contributed by atoms with Gasteiger partial charge in [0.15, 0.2) is 11.9 Å². The van der Waals surface area contributed by atoms with Crippen molar-refractivity contribution in [2.24, 2.45) is 5.92 Å². The molecule has 0 unspecified atom stereocenters. The van der Waals surface area contributed by atoms with E-state index in [0.29, 0.717) is 47.3 Å². The minimum Gasteiger partial charge on any atom is -0.506 e. The molecule has 34 heavy (non-hydrogen) atoms. The maximum atomic E-state index is 12.9. The van der Waals surface area contributed by atoms with Crippen molar-refractivity contribution in [2.45, 2.75) is 69.4 Å². The van der Waals surface area contributed by atoms with Gasteiger partial charge in [-0.3, -0.25) is 4.79 Å². The summed E-state index contributed by atoms with van der Waals surface area (Å²) in [4.78, 5) is 12.9. The maximum absolute atomic E-state index is 12.9. The minimum absolute atomic E-state index is 0.0106. The standard InChI is InChI=1S/C26H28O8/c1-11(2)25-24(10-31-24)26(30-5)23(34-25)22(33-25)16-12(3)9-14-18(21(16)32-26)19(28)17-13(20(14)29-4)7-6-8-15(17)27/h9,11,22-23,28H,6-8,10H2,1-5H3/t22-,23-,24+,25-,26+/m0/s1. The Balaban J connectivity index is 1.57. The van der Waals surface area contributed by atoms with E-state index >= 15 is 0 Å². The number of ether oxygens (including phenoxy) is 6. The lowest BCUT2D eigenvalue weighted by Crippen LogP contribution is -2.68. The van der Waals surface area contributed by atoms with E-state index in [2.05, 4.69) is 0 Å². The van der Waals surface area contributed by atoms with Crippen LogP contribution < -0.4 is 9.47 Å². The molecule has 3 saturated heterocycles. The molecule has 8 heteroatoms. The van der Waals surface area contributed by atoms with E-state index in [1.807, 2.05) is 26.8 Å². The number of rotatable bonds is 3. The Hall–Kier alpha value is -2.39. The monoisotopic (exact) mass is 468 g/mol. The number of aryl methyl sites for hydroxylation is 1. The number of methoxy groups -OCH3 is 2. The van der Waals surface area contributed by atoms with Crippen LogP contribution in [0.3, 0.4) is 0 Å². The molecule has 5 atom stereocenters. The largest absolute Gasteiger partial charge is 0.506 e. The molecule has 180 valence electrons. The lowest BCUT2D eigenvalue weighted by molar-refractivity contribution is -0.298. The van der Waals surface area contributed by atoms with Crippen molar-refractivity contribution in [1.29, 1.82) is 0 Å². The van der Waals surface area contributed by atoms with Crippen molar-refractivity contribution in [3.05, 3.63) is 28.3 Å². The van der Waals surface area contributed by atoms with Gasteiger partial charge in [-0.1, -0.05) is 13.8 Å². The fraction of sp³-hybridized carbons (Fsp3) is 0.577. The molecule has 1 aliphatic carbocycles. The van der Waals surface area contributed by atoms with Crippen LogP contribution in [0.5, 0.6) is 17.2 Å². The van der Waals surface area contributed by atoms with Gasteiger partial charge < -0.3 is 33.5 Å². The summed E-state index contributed by atoms with van der Waals surface area (Å²) >= 11 is 0. The molecule has 0 radical (unpaired) electrons. The van der Waals surface area contributed by atoms with Gasteiger partial charge >= 0.3 is 0 Å². The van der Waals surface area contributed by atoms with Crippen molar-refractivity contribution >= 4 is 16.6 Å². The molecule has 8 nitrogen and oxygen atoms in total. The molecule has 7 rings (SSSR count). The van der Waals surface area contributed by atoms with Gasteiger partial charge in [0, 0.05) is 36.0 Å². The highest BCUT2D eigenvalue weighted by Crippen LogP contribution is 2.72. The first-order valence-corrected chi connectivity index (χ1v) is 11.9. The van der Waals surface area contributed by atoms with Crippen LogP contribution in [0.15, 0.2) is 6.07 Å². The van der Waals surface area contributed by atoms with Crippen LogP contribution in [0.1, 0.15) is 59.8 Å². The van der Waals surface area contributed by atoms with E-state index in [0.717, 1.165) is 23.1 Å². The molecular weight excluding hydrogens is 440 g/mol. The highest BCUT2D eigenvalue weighted by molar-refractivity contribution is 6.11. The summed E-state index contributed by atoms with van der Waals surface area (Å²) in [5.74, 6) is -1.37. The van der Waals surface area contributed by atoms with Crippen LogP contribution in [0.4, 0.5) is 0 Å². The third-order valence-corrected chi connectivity index (χ3v) is 8.55. The molecule has 2 aromatic rings. The molecule has 4 aliphatic heterocycles. The molecule has 3 fully saturated rings. The van der Waals surface area contributed by atoms with Crippen molar-refractivity contribution in [2.75, 3.05) is 20.8 Å². The van der Waals surface area contributed by atoms with Crippen molar-refractivity contribution in [1.82, 2.24) is 0 Å². The van der Waals surface area contributed by atoms with E-state index in [9.17, 15) is 9.90 Å². The molecule has 4 heterocycles. The summed E-state index contributed by atoms with van der Waals surface area (Å²) < 4.78 is 37.9. The third kappa shape index (κ3) is 1.98. The number of phenols is 1. The number of epoxide rings is 1. The van der Waals surface area contributed by atoms with E-state index in [1.54, 1.807) is 14.2 Å². The molecular formula is C26H28O8. The maximum Gasteiger partial charge on any atom is 0.276 e. The van der Waals surface area contributed by atoms with Gasteiger partial charge in [0.05, 0.1) is 24.7 Å². The normalized spacial score (nSPS) is 36.7. The Labute approximate surface area is 197 Å². The second-order valence-electron chi connectivity index (χ2n) is 10.4. The van der Waals surface area contributed by atoms with Gasteiger partial charge in [-0.25, -0.2) is 0 Å². The van der Waals surface area contributed by atoms with Gasteiger partial charge in [0.25, 0.3) is 5.79 Å². The second kappa shape index (κ2) is 6.23. The molecule has 0 aromatic heterocycles. The topological polar surface area (TPSA) is 96.0 Å². The molecule has 5 aliphatic rings. The number of hydrogen-bond acceptors (Lipinski definition) is 8. The number of carbonyl (C=O) groups is 1. The fourth-order valence-corrected chi connectivity index (χ4v) is 7.05. The minimum atomic E-state index is -1.24. The first kappa shape index (κ1) is 20.9. The summed E-state index contributed by atoms with van der Waals surface area (Å²) in [6.45, 7) is 6.45. The number of benzene rings is 2. The predicted molar refractivity (Wildman–Crippen MR) is 119 cm³/mol. The van der Waals surface area contributed by atoms with Crippen LogP contribution in [0.2, 0.25) is 0 Å². The Kier molecular flexibility index (Phi) is 3.84. The first-order valence-electron chi connectivity index (χ1n) is 11.9. The second-order valence-corrected chi connectivity index (χ2v) is 10.4. The number of Topliss-reactive ketones (excluding diaryl/α,β-unsaturated/α-hetero) is 1. The predicted octanol–water partition coefficient (Wildman–Crippen LogP) is 3.71. The molecule has 2 bridgehead atoms. The van der Waals surface area contributed by atoms with Gasteiger partial charge in [0.1, 0.15) is 23.4 Å². The molecule has 0 saturated carbocycles. The van der Waals surface area contributed by atoms with E-state index in [1.165, 1.54) is 0 Å². The van der Waals surface area contributed by atoms with Crippen LogP contribution in [-0.2, 0) is 25.4 Å².